The summed E-state index contributed by atoms with van der Waals surface area (Å²) in [5, 5.41) is 20.9. The van der Waals surface area contributed by atoms with Gasteiger partial charge in [-0.05, 0) is 49.8 Å². The number of guanidine groups is 1. The number of unbranched alkanes of at least 4 members (excludes halogenated alkanes) is 1. The van der Waals surface area contributed by atoms with E-state index in [4.69, 9.17) is 17.2 Å². The van der Waals surface area contributed by atoms with Gasteiger partial charge in [0.2, 0.25) is 23.6 Å². The van der Waals surface area contributed by atoms with E-state index in [1.165, 1.54) is 12.1 Å². The van der Waals surface area contributed by atoms with Crippen LogP contribution in [-0.2, 0) is 30.4 Å². The molecule has 1 aromatic rings. The second-order valence-corrected chi connectivity index (χ2v) is 10.9. The van der Waals surface area contributed by atoms with Crippen molar-refractivity contribution >= 4 is 35.4 Å². The number of benzene rings is 1. The third kappa shape index (κ3) is 8.90. The van der Waals surface area contributed by atoms with Gasteiger partial charge in [0.05, 0.1) is 12.0 Å². The Kier molecular flexibility index (Phi) is 11.7. The summed E-state index contributed by atoms with van der Waals surface area (Å²) in [5.41, 5.74) is 16.8. The number of carbonyl (C=O) groups excluding carboxylic acids is 5. The number of nitrogens with one attached hydrogen (secondary N) is 4. The average molecular weight is 587 g/mol. The Hall–Kier alpha value is -4.20. The van der Waals surface area contributed by atoms with Crippen molar-refractivity contribution in [3.8, 4) is 5.75 Å². The Morgan fingerprint density at radius 3 is 2.36 bits per heavy atom. The second-order valence-electron chi connectivity index (χ2n) is 10.9. The number of nitrogens with two attached hydrogens (primary N) is 3. The van der Waals surface area contributed by atoms with Crippen LogP contribution < -0.4 is 38.5 Å². The van der Waals surface area contributed by atoms with E-state index in [0.29, 0.717) is 18.4 Å². The SMILES string of the molecule is CCCC[C@@H]1NC[C@H](C(=O)C2C[C@H](C(=O)N[C@@H](CCCN=C(N)N)C(N)=O)NC(=O)[C@H]2Cc2ccc(O)cc2)NC1=O. The number of phenolic OH excluding ortho intramolecular Hbond substituents is 1. The zero-order chi connectivity index (χ0) is 30.8. The molecule has 0 bridgehead atoms. The van der Waals surface area contributed by atoms with Gasteiger partial charge in [-0.3, -0.25) is 29.0 Å². The fraction of sp³-hybridized carbons (Fsp3) is 0.571. The summed E-state index contributed by atoms with van der Waals surface area (Å²) >= 11 is 0. The normalized spacial score (nSPS) is 24.5. The van der Waals surface area contributed by atoms with E-state index in [1.807, 2.05) is 6.92 Å². The second kappa shape index (κ2) is 15.1. The van der Waals surface area contributed by atoms with Gasteiger partial charge in [0.15, 0.2) is 11.7 Å². The third-order valence-corrected chi connectivity index (χ3v) is 7.70. The smallest absolute Gasteiger partial charge is 0.243 e. The highest BCUT2D eigenvalue weighted by Crippen LogP contribution is 2.30. The van der Waals surface area contributed by atoms with Crippen LogP contribution in [0.2, 0.25) is 0 Å². The molecular formula is C28H42N8O6. The molecule has 2 fully saturated rings. The van der Waals surface area contributed by atoms with Crippen LogP contribution in [0, 0.1) is 11.8 Å². The van der Waals surface area contributed by atoms with Gasteiger partial charge in [-0.15, -0.1) is 0 Å². The molecule has 1 aromatic carbocycles. The van der Waals surface area contributed by atoms with Crippen LogP contribution in [0.15, 0.2) is 29.3 Å². The minimum absolute atomic E-state index is 0.0374. The van der Waals surface area contributed by atoms with E-state index in [1.54, 1.807) is 12.1 Å². The lowest BCUT2D eigenvalue weighted by atomic mass is 9.74. The van der Waals surface area contributed by atoms with Crippen LogP contribution in [0.5, 0.6) is 5.75 Å². The first kappa shape index (κ1) is 32.3. The monoisotopic (exact) mass is 586 g/mol. The van der Waals surface area contributed by atoms with Crippen LogP contribution >= 0.6 is 0 Å². The molecule has 2 heterocycles. The highest BCUT2D eigenvalue weighted by molar-refractivity contribution is 5.99. The molecule has 6 atom stereocenters. The van der Waals surface area contributed by atoms with Crippen LogP contribution in [-0.4, -0.2) is 77.7 Å². The summed E-state index contributed by atoms with van der Waals surface area (Å²) in [6.07, 6.45) is 3.12. The van der Waals surface area contributed by atoms with Crippen LogP contribution in [0.1, 0.15) is 51.0 Å². The average Bonchev–Trinajstić information content (AvgIpc) is 2.95. The summed E-state index contributed by atoms with van der Waals surface area (Å²) in [4.78, 5) is 69.0. The number of primary amides is 1. The highest BCUT2D eigenvalue weighted by atomic mass is 16.3. The lowest BCUT2D eigenvalue weighted by Gasteiger charge is -2.38. The number of ketones is 1. The van der Waals surface area contributed by atoms with E-state index >= 15 is 0 Å². The lowest BCUT2D eigenvalue weighted by Crippen LogP contribution is -2.64. The first-order chi connectivity index (χ1) is 20.0. The summed E-state index contributed by atoms with van der Waals surface area (Å²) in [5.74, 6) is -4.32. The maximum absolute atomic E-state index is 13.8. The molecule has 1 unspecified atom stereocenters. The van der Waals surface area contributed by atoms with Crippen LogP contribution in [0.25, 0.3) is 0 Å². The van der Waals surface area contributed by atoms with E-state index in [-0.39, 0.29) is 55.8 Å². The lowest BCUT2D eigenvalue weighted by molar-refractivity contribution is -0.143. The number of aromatic hydroxyl groups is 1. The number of Topliss-reactive ketones (excluding diaryl/α,β-unsaturated/α-hetero) is 1. The van der Waals surface area contributed by atoms with Crippen molar-refractivity contribution < 1.29 is 29.1 Å². The molecule has 14 heteroatoms. The largest absolute Gasteiger partial charge is 0.508 e. The number of nitrogens with zero attached hydrogens (tertiary/aromatic N) is 1. The van der Waals surface area contributed by atoms with Gasteiger partial charge in [-0.1, -0.05) is 31.9 Å². The minimum Gasteiger partial charge on any atom is -0.508 e. The van der Waals surface area contributed by atoms with Crippen molar-refractivity contribution in [2.45, 2.75) is 76.0 Å². The Balaban J connectivity index is 1.76. The van der Waals surface area contributed by atoms with Gasteiger partial charge in [0.1, 0.15) is 23.9 Å². The van der Waals surface area contributed by atoms with Gasteiger partial charge in [-0.25, -0.2) is 0 Å². The molecule has 0 aliphatic carbocycles. The van der Waals surface area contributed by atoms with Crippen molar-refractivity contribution in [3.63, 3.8) is 0 Å². The zero-order valence-corrected chi connectivity index (χ0v) is 23.8. The molecule has 0 aromatic heterocycles. The van der Waals surface area contributed by atoms with E-state index in [0.717, 1.165) is 12.8 Å². The summed E-state index contributed by atoms with van der Waals surface area (Å²) in [6, 6.07) is 2.89. The van der Waals surface area contributed by atoms with Crippen LogP contribution in [0.3, 0.4) is 0 Å². The van der Waals surface area contributed by atoms with Crippen molar-refractivity contribution in [3.05, 3.63) is 29.8 Å². The number of amides is 4. The number of hydrogen-bond donors (Lipinski definition) is 8. The number of rotatable bonds is 14. The summed E-state index contributed by atoms with van der Waals surface area (Å²) in [6.45, 7) is 2.47. The topological polar surface area (TPSA) is 244 Å². The Morgan fingerprint density at radius 1 is 1.05 bits per heavy atom. The van der Waals surface area contributed by atoms with Gasteiger partial charge < -0.3 is 43.6 Å². The Labute approximate surface area is 244 Å². The molecule has 0 saturated carbocycles. The molecule has 2 aliphatic rings. The number of phenols is 1. The molecule has 0 spiro atoms. The molecule has 14 nitrogen and oxygen atoms in total. The van der Waals surface area contributed by atoms with E-state index < -0.39 is 53.7 Å². The molecule has 230 valence electrons. The number of piperidine rings is 1. The van der Waals surface area contributed by atoms with Crippen molar-refractivity contribution in [2.24, 2.45) is 34.0 Å². The third-order valence-electron chi connectivity index (χ3n) is 7.70. The Bertz CT molecular complexity index is 1170. The van der Waals surface area contributed by atoms with Gasteiger partial charge in [-0.2, -0.15) is 0 Å². The quantitative estimate of drug-likeness (QED) is 0.0702. The zero-order valence-electron chi connectivity index (χ0n) is 23.8. The first-order valence-electron chi connectivity index (χ1n) is 14.3. The van der Waals surface area contributed by atoms with Crippen molar-refractivity contribution in [2.75, 3.05) is 13.1 Å². The molecule has 0 radical (unpaired) electrons. The number of hydrogen-bond acceptors (Lipinski definition) is 8. The fourth-order valence-corrected chi connectivity index (χ4v) is 5.36. The van der Waals surface area contributed by atoms with Crippen LogP contribution in [0.4, 0.5) is 0 Å². The maximum Gasteiger partial charge on any atom is 0.243 e. The molecule has 2 saturated heterocycles. The number of piperazine rings is 1. The number of aliphatic imine (C=N–C) groups is 1. The highest BCUT2D eigenvalue weighted by Gasteiger charge is 2.46. The first-order valence-corrected chi connectivity index (χ1v) is 14.3. The minimum atomic E-state index is -1.10. The maximum atomic E-state index is 13.8. The molecule has 2 aliphatic heterocycles. The molecule has 4 amide bonds. The molecular weight excluding hydrogens is 544 g/mol. The summed E-state index contributed by atoms with van der Waals surface area (Å²) < 4.78 is 0. The van der Waals surface area contributed by atoms with Gasteiger partial charge in [0, 0.05) is 19.0 Å². The summed E-state index contributed by atoms with van der Waals surface area (Å²) in [7, 11) is 0. The van der Waals surface area contributed by atoms with Crippen molar-refractivity contribution in [1.82, 2.24) is 21.3 Å². The van der Waals surface area contributed by atoms with E-state index in [9.17, 15) is 29.1 Å². The molecule has 11 N–H and O–H groups in total. The predicted octanol–water partition coefficient (Wildman–Crippen LogP) is -1.70. The van der Waals surface area contributed by atoms with E-state index in [2.05, 4.69) is 26.3 Å². The predicted molar refractivity (Wildman–Crippen MR) is 155 cm³/mol. The fourth-order valence-electron chi connectivity index (χ4n) is 5.36. The van der Waals surface area contributed by atoms with Gasteiger partial charge >= 0.3 is 0 Å². The number of carbonyl (C=O) groups is 5. The Morgan fingerprint density at radius 2 is 1.74 bits per heavy atom. The molecule has 42 heavy (non-hydrogen) atoms. The van der Waals surface area contributed by atoms with Gasteiger partial charge in [0.25, 0.3) is 0 Å². The molecule has 3 rings (SSSR count). The van der Waals surface area contributed by atoms with Crippen molar-refractivity contribution in [1.29, 1.82) is 0 Å². The standard InChI is InChI=1S/C28H42N8O6/c1-2-3-5-20-26(41)36-22(14-33-20)23(38)17-13-21(27(42)34-19(24(29)39)6-4-11-32-28(30)31)35-25(40)18(17)12-15-7-9-16(37)10-8-15/h7-10,17-22,33,37H,2-6,11-14H2,1H3,(H2,29,39)(H,34,42)(H,35,40)(H,36,41)(H4,30,31,32)/t17?,18-,19-,20-,21+,22+/m0/s1.